The van der Waals surface area contributed by atoms with Crippen LogP contribution in [0.1, 0.15) is 27.0 Å². The van der Waals surface area contributed by atoms with Gasteiger partial charge in [-0.3, -0.25) is 14.6 Å². The second kappa shape index (κ2) is 7.14. The predicted molar refractivity (Wildman–Crippen MR) is 120 cm³/mol. The summed E-state index contributed by atoms with van der Waals surface area (Å²) in [4.78, 5) is 33.9. The number of H-pyrrole nitrogens is 1. The monoisotopic (exact) mass is 446 g/mol. The Labute approximate surface area is 187 Å². The summed E-state index contributed by atoms with van der Waals surface area (Å²) in [6, 6.07) is 15.7. The van der Waals surface area contributed by atoms with Gasteiger partial charge in [-0.05, 0) is 42.8 Å². The molecule has 1 aromatic heterocycles. The van der Waals surface area contributed by atoms with Crippen molar-refractivity contribution < 1.29 is 24.2 Å². The van der Waals surface area contributed by atoms with Crippen molar-refractivity contribution in [3.05, 3.63) is 88.7 Å². The number of hydrogen-bond acceptors (Lipinski definition) is 4. The molecule has 3 aromatic carbocycles. The number of carbonyl (C=O) groups excluding carboxylic acids is 1. The number of halogens is 1. The first-order valence-corrected chi connectivity index (χ1v) is 10.1. The van der Waals surface area contributed by atoms with Crippen molar-refractivity contribution in [3.63, 3.8) is 0 Å². The summed E-state index contributed by atoms with van der Waals surface area (Å²) in [5, 5.41) is 21.3. The average Bonchev–Trinajstić information content (AvgIpc) is 3.32. The number of aromatic amines is 1. The summed E-state index contributed by atoms with van der Waals surface area (Å²) >= 11 is 0. The molecule has 0 bridgehead atoms. The molecule has 0 radical (unpaired) electrons. The Morgan fingerprint density at radius 2 is 1.91 bits per heavy atom. The highest BCUT2D eigenvalue weighted by Gasteiger charge is 2.51. The lowest BCUT2D eigenvalue weighted by atomic mass is 9.93. The number of nitrogens with zero attached hydrogens (tertiary/aromatic N) is 3. The van der Waals surface area contributed by atoms with E-state index in [1.807, 2.05) is 0 Å². The molecule has 1 atom stereocenters. The number of fused-ring (bicyclic) bond motifs is 2. The smallest absolute Gasteiger partial charge is 0.413 e. The van der Waals surface area contributed by atoms with Gasteiger partial charge in [-0.2, -0.15) is 0 Å². The summed E-state index contributed by atoms with van der Waals surface area (Å²) in [7, 11) is 1.35. The molecule has 1 unspecified atom stereocenters. The second-order valence-corrected chi connectivity index (χ2v) is 7.95. The number of imidazole rings is 1. The highest BCUT2D eigenvalue weighted by Crippen LogP contribution is 2.46. The lowest BCUT2D eigenvalue weighted by molar-refractivity contribution is 0.0699. The summed E-state index contributed by atoms with van der Waals surface area (Å²) < 4.78 is 14.9. The maximum absolute atomic E-state index is 14.9. The fourth-order valence-electron chi connectivity index (χ4n) is 4.18. The molecule has 8 nitrogen and oxygen atoms in total. The molecule has 0 saturated carbocycles. The normalized spacial score (nSPS) is 17.5. The van der Waals surface area contributed by atoms with Crippen LogP contribution in [0.25, 0.3) is 11.0 Å². The van der Waals surface area contributed by atoms with E-state index in [0.717, 1.165) is 15.4 Å². The van der Waals surface area contributed by atoms with Crippen LogP contribution in [0, 0.1) is 12.7 Å². The molecular formula is C24H19FN4O4. The molecule has 166 valence electrons. The van der Waals surface area contributed by atoms with E-state index < -0.39 is 23.5 Å². The van der Waals surface area contributed by atoms with Crippen molar-refractivity contribution in [3.8, 4) is 0 Å². The Morgan fingerprint density at radius 3 is 2.67 bits per heavy atom. The van der Waals surface area contributed by atoms with Crippen molar-refractivity contribution in [2.24, 2.45) is 0 Å². The van der Waals surface area contributed by atoms with Gasteiger partial charge in [0, 0.05) is 23.7 Å². The van der Waals surface area contributed by atoms with E-state index in [1.54, 1.807) is 55.5 Å². The van der Waals surface area contributed by atoms with Crippen molar-refractivity contribution in [2.75, 3.05) is 16.8 Å². The Kier molecular flexibility index (Phi) is 4.47. The Bertz CT molecular complexity index is 1450. The second-order valence-electron chi connectivity index (χ2n) is 7.95. The van der Waals surface area contributed by atoms with Crippen LogP contribution in [0.4, 0.5) is 20.8 Å². The minimum absolute atomic E-state index is 0.0490. The van der Waals surface area contributed by atoms with Gasteiger partial charge in [0.1, 0.15) is 5.82 Å². The molecule has 2 heterocycles. The van der Waals surface area contributed by atoms with E-state index in [9.17, 15) is 24.2 Å². The number of amides is 2. The van der Waals surface area contributed by atoms with Crippen LogP contribution in [-0.4, -0.2) is 39.2 Å². The van der Waals surface area contributed by atoms with Crippen molar-refractivity contribution in [2.45, 2.75) is 12.6 Å². The van der Waals surface area contributed by atoms with Gasteiger partial charge in [-0.1, -0.05) is 30.3 Å². The molecule has 4 aromatic rings. The van der Waals surface area contributed by atoms with Crippen LogP contribution < -0.4 is 9.80 Å². The number of carbonyl (C=O) groups is 2. The molecule has 1 aliphatic rings. The first-order valence-electron chi connectivity index (χ1n) is 10.1. The quantitative estimate of drug-likeness (QED) is 0.441. The van der Waals surface area contributed by atoms with E-state index in [2.05, 4.69) is 9.97 Å². The van der Waals surface area contributed by atoms with Gasteiger partial charge < -0.3 is 15.2 Å². The predicted octanol–water partition coefficient (Wildman–Crippen LogP) is 3.98. The van der Waals surface area contributed by atoms with Gasteiger partial charge in [0.05, 0.1) is 16.7 Å². The van der Waals surface area contributed by atoms with Crippen LogP contribution in [0.5, 0.6) is 0 Å². The molecule has 1 aliphatic heterocycles. The van der Waals surface area contributed by atoms with Gasteiger partial charge in [0.2, 0.25) is 5.95 Å². The summed E-state index contributed by atoms with van der Waals surface area (Å²) in [5.74, 6) is -1.08. The molecule has 0 aliphatic carbocycles. The van der Waals surface area contributed by atoms with Crippen LogP contribution >= 0.6 is 0 Å². The average molecular weight is 446 g/mol. The van der Waals surface area contributed by atoms with Gasteiger partial charge in [-0.15, -0.1) is 0 Å². The molecule has 3 N–H and O–H groups in total. The number of benzene rings is 3. The maximum Gasteiger partial charge on any atom is 0.413 e. The zero-order valence-electron chi connectivity index (χ0n) is 17.7. The molecule has 0 saturated heterocycles. The molecule has 0 spiro atoms. The van der Waals surface area contributed by atoms with Crippen LogP contribution in [0.3, 0.4) is 0 Å². The summed E-state index contributed by atoms with van der Waals surface area (Å²) in [6.45, 7) is 1.77. The van der Waals surface area contributed by atoms with E-state index in [1.165, 1.54) is 19.2 Å². The number of aromatic nitrogens is 2. The summed E-state index contributed by atoms with van der Waals surface area (Å²) in [6.07, 6.45) is -1.19. The number of nitrogens with one attached hydrogen (secondary N) is 1. The van der Waals surface area contributed by atoms with Crippen LogP contribution in [0.2, 0.25) is 0 Å². The van der Waals surface area contributed by atoms with E-state index in [0.29, 0.717) is 16.6 Å². The minimum Gasteiger partial charge on any atom is -0.465 e. The number of anilines is 2. The number of hydrogen-bond donors (Lipinski definition) is 3. The largest absolute Gasteiger partial charge is 0.465 e. The SMILES string of the molecule is Cc1ccc(F)c(N2C(=O)c3ccccc3C2(O)c2ccc3[nH]c(N(C)C(=O)O)nc3c2)c1. The molecule has 0 fully saturated rings. The molecule has 9 heteroatoms. The Morgan fingerprint density at radius 1 is 1.15 bits per heavy atom. The third kappa shape index (κ3) is 2.97. The highest BCUT2D eigenvalue weighted by atomic mass is 19.1. The topological polar surface area (TPSA) is 110 Å². The molecule has 5 rings (SSSR count). The number of aryl methyl sites for hydroxylation is 1. The highest BCUT2D eigenvalue weighted by molar-refractivity contribution is 6.12. The first kappa shape index (κ1) is 20.7. The van der Waals surface area contributed by atoms with Gasteiger partial charge in [-0.25, -0.2) is 14.2 Å². The fourth-order valence-corrected chi connectivity index (χ4v) is 4.18. The van der Waals surface area contributed by atoms with Gasteiger partial charge >= 0.3 is 6.09 Å². The molecule has 2 amide bonds. The standard InChI is InChI=1S/C24H19FN4O4/c1-13-7-9-17(25)20(11-13)29-21(30)15-5-3-4-6-16(15)24(29,33)14-8-10-18-19(12-14)27-22(26-18)28(2)23(31)32/h3-12,33H,1-2H3,(H,26,27)(H,31,32). The zero-order valence-corrected chi connectivity index (χ0v) is 17.7. The van der Waals surface area contributed by atoms with Crippen LogP contribution in [0.15, 0.2) is 60.7 Å². The van der Waals surface area contributed by atoms with Crippen molar-refractivity contribution in [1.29, 1.82) is 0 Å². The fraction of sp³-hybridized carbons (Fsp3) is 0.125. The number of rotatable bonds is 3. The van der Waals surface area contributed by atoms with E-state index in [-0.39, 0.29) is 22.8 Å². The van der Waals surface area contributed by atoms with Crippen LogP contribution in [-0.2, 0) is 5.72 Å². The molecule has 33 heavy (non-hydrogen) atoms. The third-order valence-electron chi connectivity index (χ3n) is 5.88. The van der Waals surface area contributed by atoms with E-state index >= 15 is 0 Å². The molecular weight excluding hydrogens is 427 g/mol. The van der Waals surface area contributed by atoms with E-state index in [4.69, 9.17) is 0 Å². The minimum atomic E-state index is -2.01. The van der Waals surface area contributed by atoms with Crippen molar-refractivity contribution >= 4 is 34.7 Å². The first-order chi connectivity index (χ1) is 15.7. The lowest BCUT2D eigenvalue weighted by Gasteiger charge is -2.35. The summed E-state index contributed by atoms with van der Waals surface area (Å²) in [5.41, 5.74) is 0.442. The van der Waals surface area contributed by atoms with Gasteiger partial charge in [0.15, 0.2) is 5.72 Å². The Hall–Kier alpha value is -4.24. The Balaban J connectivity index is 1.74. The zero-order chi connectivity index (χ0) is 23.5. The number of aliphatic hydroxyl groups is 1. The van der Waals surface area contributed by atoms with Gasteiger partial charge in [0.25, 0.3) is 5.91 Å². The maximum atomic E-state index is 14.9. The van der Waals surface area contributed by atoms with Crippen molar-refractivity contribution in [1.82, 2.24) is 9.97 Å². The third-order valence-corrected chi connectivity index (χ3v) is 5.88. The lowest BCUT2D eigenvalue weighted by Crippen LogP contribution is -2.45. The number of carboxylic acid groups (broad SMARTS) is 1.